The molecule has 2 atom stereocenters. The van der Waals surface area contributed by atoms with Gasteiger partial charge in [-0.1, -0.05) is 72.8 Å². The summed E-state index contributed by atoms with van der Waals surface area (Å²) >= 11 is 9.71. The van der Waals surface area contributed by atoms with E-state index in [9.17, 15) is 0 Å². The number of anilines is 1. The standard InChI is InChI=1S/C27H30ClN3S2/c1-19(22-6-4-3-5-7-22)15-17-32-20(2)30-24-11-8-21(9-12-24)14-16-29-27-31-25-13-10-23(28)18-26(25)33-27/h3-13,18-19,27,29,31H,14-17H2,1-2H3. The van der Waals surface area contributed by atoms with Gasteiger partial charge >= 0.3 is 0 Å². The zero-order valence-corrected chi connectivity index (χ0v) is 21.4. The Kier molecular flexibility index (Phi) is 8.79. The largest absolute Gasteiger partial charge is 0.360 e. The second-order valence-corrected chi connectivity index (χ2v) is 11.1. The quantitative estimate of drug-likeness (QED) is 0.233. The number of nitrogens with zero attached hydrogens (tertiary/aromatic N) is 1. The first kappa shape index (κ1) is 24.2. The molecule has 3 nitrogen and oxygen atoms in total. The van der Waals surface area contributed by atoms with Gasteiger partial charge in [0.1, 0.15) is 5.50 Å². The third-order valence-electron chi connectivity index (χ3n) is 5.67. The number of hydrogen-bond donors (Lipinski definition) is 2. The highest BCUT2D eigenvalue weighted by Crippen LogP contribution is 2.38. The summed E-state index contributed by atoms with van der Waals surface area (Å²) in [4.78, 5) is 5.98. The number of rotatable bonds is 9. The summed E-state index contributed by atoms with van der Waals surface area (Å²) in [6, 6.07) is 25.3. The van der Waals surface area contributed by atoms with E-state index in [1.165, 1.54) is 16.0 Å². The van der Waals surface area contributed by atoms with Gasteiger partial charge in [-0.2, -0.15) is 0 Å². The fraction of sp³-hybridized carbons (Fsp3) is 0.296. The highest BCUT2D eigenvalue weighted by Gasteiger charge is 2.20. The minimum Gasteiger partial charge on any atom is -0.360 e. The molecule has 1 aliphatic rings. The van der Waals surface area contributed by atoms with Crippen molar-refractivity contribution in [3.05, 3.63) is 88.9 Å². The molecule has 3 aromatic carbocycles. The Morgan fingerprint density at radius 3 is 2.70 bits per heavy atom. The monoisotopic (exact) mass is 495 g/mol. The Morgan fingerprint density at radius 1 is 1.12 bits per heavy atom. The summed E-state index contributed by atoms with van der Waals surface area (Å²) in [5, 5.41) is 8.95. The Balaban J connectivity index is 1.18. The van der Waals surface area contributed by atoms with Crippen molar-refractivity contribution in [1.82, 2.24) is 5.32 Å². The number of halogens is 1. The molecule has 0 fully saturated rings. The summed E-state index contributed by atoms with van der Waals surface area (Å²) in [5.41, 5.74) is 5.08. The van der Waals surface area contributed by atoms with Gasteiger partial charge in [-0.05, 0) is 72.9 Å². The molecule has 2 N–H and O–H groups in total. The van der Waals surface area contributed by atoms with Gasteiger partial charge in [0.05, 0.1) is 10.7 Å². The van der Waals surface area contributed by atoms with Gasteiger partial charge in [0.2, 0.25) is 0 Å². The van der Waals surface area contributed by atoms with Gasteiger partial charge in [-0.3, -0.25) is 5.32 Å². The van der Waals surface area contributed by atoms with Crippen LogP contribution >= 0.6 is 35.1 Å². The maximum atomic E-state index is 6.09. The van der Waals surface area contributed by atoms with Crippen molar-refractivity contribution in [3.63, 3.8) is 0 Å². The summed E-state index contributed by atoms with van der Waals surface area (Å²) in [7, 11) is 0. The normalized spacial score (nSPS) is 16.3. The number of thioether (sulfide) groups is 2. The van der Waals surface area contributed by atoms with Crippen LogP contribution < -0.4 is 10.6 Å². The van der Waals surface area contributed by atoms with E-state index in [1.807, 2.05) is 30.0 Å². The maximum Gasteiger partial charge on any atom is 0.130 e. The first-order chi connectivity index (χ1) is 16.1. The molecule has 0 bridgehead atoms. The molecule has 172 valence electrons. The van der Waals surface area contributed by atoms with Crippen LogP contribution in [-0.2, 0) is 6.42 Å². The molecule has 0 aromatic heterocycles. The van der Waals surface area contributed by atoms with Crippen LogP contribution in [0, 0.1) is 0 Å². The van der Waals surface area contributed by atoms with Crippen LogP contribution in [0.5, 0.6) is 0 Å². The lowest BCUT2D eigenvalue weighted by atomic mass is 9.99. The van der Waals surface area contributed by atoms with Gasteiger partial charge in [0, 0.05) is 22.2 Å². The molecular formula is C27H30ClN3S2. The van der Waals surface area contributed by atoms with Crippen LogP contribution in [0.25, 0.3) is 0 Å². The highest BCUT2D eigenvalue weighted by molar-refractivity contribution is 8.13. The molecule has 0 aliphatic carbocycles. The van der Waals surface area contributed by atoms with Gasteiger partial charge in [-0.25, -0.2) is 4.99 Å². The number of aliphatic imine (C=N–C) groups is 1. The molecule has 2 unspecified atom stereocenters. The Hall–Kier alpha value is -1.92. The predicted octanol–water partition coefficient (Wildman–Crippen LogP) is 7.95. The molecule has 0 saturated heterocycles. The maximum absolute atomic E-state index is 6.09. The highest BCUT2D eigenvalue weighted by atomic mass is 35.5. The molecule has 0 saturated carbocycles. The van der Waals surface area contributed by atoms with E-state index in [-0.39, 0.29) is 5.50 Å². The molecule has 0 radical (unpaired) electrons. The third-order valence-corrected chi connectivity index (χ3v) is 7.97. The van der Waals surface area contributed by atoms with E-state index in [0.717, 1.165) is 46.6 Å². The van der Waals surface area contributed by atoms with E-state index in [4.69, 9.17) is 16.6 Å². The zero-order chi connectivity index (χ0) is 23.0. The lowest BCUT2D eigenvalue weighted by molar-refractivity contribution is 0.695. The van der Waals surface area contributed by atoms with E-state index < -0.39 is 0 Å². The van der Waals surface area contributed by atoms with Crippen LogP contribution in [0.15, 0.2) is 82.7 Å². The fourth-order valence-electron chi connectivity index (χ4n) is 3.73. The second-order valence-electron chi connectivity index (χ2n) is 8.23. The van der Waals surface area contributed by atoms with Crippen molar-refractivity contribution in [2.45, 2.75) is 43.0 Å². The molecule has 0 spiro atoms. The average Bonchev–Trinajstić information content (AvgIpc) is 3.22. The van der Waals surface area contributed by atoms with Gasteiger partial charge in [-0.15, -0.1) is 11.8 Å². The van der Waals surface area contributed by atoms with Crippen molar-refractivity contribution in [2.24, 2.45) is 4.99 Å². The molecule has 1 heterocycles. The van der Waals surface area contributed by atoms with E-state index >= 15 is 0 Å². The number of hydrogen-bond acceptors (Lipinski definition) is 5. The molecular weight excluding hydrogens is 466 g/mol. The zero-order valence-electron chi connectivity index (χ0n) is 19.1. The Bertz CT molecular complexity index is 1070. The summed E-state index contributed by atoms with van der Waals surface area (Å²) in [6.07, 6.45) is 2.13. The lowest BCUT2D eigenvalue weighted by Crippen LogP contribution is -2.32. The first-order valence-corrected chi connectivity index (χ1v) is 13.6. The molecule has 6 heteroatoms. The van der Waals surface area contributed by atoms with Crippen molar-refractivity contribution in [2.75, 3.05) is 17.6 Å². The van der Waals surface area contributed by atoms with Gasteiger partial charge in [0.15, 0.2) is 0 Å². The fourth-order valence-corrected chi connectivity index (χ4v) is 6.00. The van der Waals surface area contributed by atoms with E-state index in [1.54, 1.807) is 11.8 Å². The third kappa shape index (κ3) is 7.28. The van der Waals surface area contributed by atoms with Crippen LogP contribution in [0.4, 0.5) is 11.4 Å². The number of fused-ring (bicyclic) bond motifs is 1. The number of benzene rings is 3. The van der Waals surface area contributed by atoms with E-state index in [0.29, 0.717) is 5.92 Å². The topological polar surface area (TPSA) is 36.4 Å². The Morgan fingerprint density at radius 2 is 1.91 bits per heavy atom. The SMILES string of the molecule is CC(=Nc1ccc(CCNC2Nc3ccc(Cl)cc3S2)cc1)SCCC(C)c1ccccc1. The van der Waals surface area contributed by atoms with Crippen molar-refractivity contribution in [1.29, 1.82) is 0 Å². The molecule has 33 heavy (non-hydrogen) atoms. The van der Waals surface area contributed by atoms with Crippen molar-refractivity contribution >= 4 is 51.5 Å². The van der Waals surface area contributed by atoms with Crippen molar-refractivity contribution in [3.8, 4) is 0 Å². The van der Waals surface area contributed by atoms with Crippen LogP contribution in [0.2, 0.25) is 5.02 Å². The molecule has 4 rings (SSSR count). The minimum atomic E-state index is 0.187. The summed E-state index contributed by atoms with van der Waals surface area (Å²) in [5.74, 6) is 1.66. The second kappa shape index (κ2) is 12.0. The smallest absolute Gasteiger partial charge is 0.130 e. The van der Waals surface area contributed by atoms with Crippen LogP contribution in [-0.4, -0.2) is 22.8 Å². The first-order valence-electron chi connectivity index (χ1n) is 11.3. The van der Waals surface area contributed by atoms with E-state index in [2.05, 4.69) is 79.1 Å². The van der Waals surface area contributed by atoms with Crippen LogP contribution in [0.1, 0.15) is 37.3 Å². The van der Waals surface area contributed by atoms with Gasteiger partial charge in [0.25, 0.3) is 0 Å². The predicted molar refractivity (Wildman–Crippen MR) is 148 cm³/mol. The average molecular weight is 496 g/mol. The number of nitrogens with one attached hydrogen (secondary N) is 2. The molecule has 3 aromatic rings. The molecule has 1 aliphatic heterocycles. The lowest BCUT2D eigenvalue weighted by Gasteiger charge is -2.12. The summed E-state index contributed by atoms with van der Waals surface area (Å²) < 4.78 is 0. The summed E-state index contributed by atoms with van der Waals surface area (Å²) in [6.45, 7) is 5.31. The van der Waals surface area contributed by atoms with Crippen molar-refractivity contribution < 1.29 is 0 Å². The van der Waals surface area contributed by atoms with Crippen LogP contribution in [0.3, 0.4) is 0 Å². The van der Waals surface area contributed by atoms with Gasteiger partial charge < -0.3 is 5.32 Å². The minimum absolute atomic E-state index is 0.187. The molecule has 0 amide bonds. The Labute approximate surface area is 210 Å².